The second-order valence-corrected chi connectivity index (χ2v) is 9.81. The van der Waals surface area contributed by atoms with E-state index in [1.165, 1.54) is 0 Å². The molecule has 2 aromatic carbocycles. The van der Waals surface area contributed by atoms with Gasteiger partial charge in [0.1, 0.15) is 11.5 Å². The van der Waals surface area contributed by atoms with Crippen molar-refractivity contribution in [3.8, 4) is 11.5 Å². The van der Waals surface area contributed by atoms with Gasteiger partial charge in [-0.15, -0.1) is 0 Å². The summed E-state index contributed by atoms with van der Waals surface area (Å²) in [4.78, 5) is 24.9. The first-order valence-electron chi connectivity index (χ1n) is 13.3. The van der Waals surface area contributed by atoms with E-state index in [2.05, 4.69) is 13.8 Å². The Morgan fingerprint density at radius 2 is 1.25 bits per heavy atom. The van der Waals surface area contributed by atoms with Crippen molar-refractivity contribution in [1.82, 2.24) is 0 Å². The first-order valence-corrected chi connectivity index (χ1v) is 13.8. The lowest BCUT2D eigenvalue weighted by atomic mass is 10.0. The fourth-order valence-corrected chi connectivity index (χ4v) is 4.17. The van der Waals surface area contributed by atoms with E-state index in [9.17, 15) is 19.8 Å². The fourth-order valence-electron chi connectivity index (χ4n) is 4.08. The number of fused-ring (bicyclic) bond motifs is 1. The Kier molecular flexibility index (Phi) is 13.8. The average molecular weight is 521 g/mol. The molecule has 0 bridgehead atoms. The van der Waals surface area contributed by atoms with Crippen LogP contribution in [0.3, 0.4) is 0 Å². The molecule has 6 nitrogen and oxygen atoms in total. The third kappa shape index (κ3) is 10.5. The summed E-state index contributed by atoms with van der Waals surface area (Å²) in [6, 6.07) is 8.59. The normalized spacial score (nSPS) is 12.9. The van der Waals surface area contributed by atoms with Gasteiger partial charge in [-0.05, 0) is 36.6 Å². The van der Waals surface area contributed by atoms with Crippen LogP contribution in [0.2, 0.25) is 0 Å². The molecular formula is C29H41ClO6. The maximum atomic E-state index is 12.5. The van der Waals surface area contributed by atoms with Crippen LogP contribution in [0.15, 0.2) is 30.3 Å². The van der Waals surface area contributed by atoms with Crippen molar-refractivity contribution in [2.24, 2.45) is 0 Å². The van der Waals surface area contributed by atoms with Crippen LogP contribution in [0.25, 0.3) is 10.8 Å². The van der Waals surface area contributed by atoms with E-state index in [1.54, 1.807) is 30.3 Å². The summed E-state index contributed by atoms with van der Waals surface area (Å²) in [6.45, 7) is 4.30. The smallest absolute Gasteiger partial charge is 0.311 e. The molecule has 0 saturated carbocycles. The Morgan fingerprint density at radius 1 is 0.750 bits per heavy atom. The molecule has 2 aromatic rings. The Bertz CT molecular complexity index is 958. The molecule has 200 valence electrons. The zero-order valence-corrected chi connectivity index (χ0v) is 22.4. The minimum Gasteiger partial charge on any atom is -0.426 e. The summed E-state index contributed by atoms with van der Waals surface area (Å²) in [5.41, 5.74) is -0.693. The number of hydrogen-bond donors (Lipinski definition) is 2. The van der Waals surface area contributed by atoms with Gasteiger partial charge < -0.3 is 19.7 Å². The van der Waals surface area contributed by atoms with Gasteiger partial charge in [0.25, 0.3) is 0 Å². The highest BCUT2D eigenvalue weighted by Gasteiger charge is 2.17. The number of ether oxygens (including phenoxy) is 2. The minimum atomic E-state index is -1.39. The first kappa shape index (κ1) is 30.1. The largest absolute Gasteiger partial charge is 0.426 e. The van der Waals surface area contributed by atoms with E-state index in [1.807, 2.05) is 0 Å². The highest BCUT2D eigenvalue weighted by molar-refractivity contribution is 6.19. The highest BCUT2D eigenvalue weighted by Crippen LogP contribution is 2.35. The lowest BCUT2D eigenvalue weighted by Gasteiger charge is -2.15. The number of alkyl halides is 1. The van der Waals surface area contributed by atoms with Crippen molar-refractivity contribution in [2.75, 3.05) is 0 Å². The number of carbonyl (C=O) groups is 2. The molecule has 0 heterocycles. The van der Waals surface area contributed by atoms with Gasteiger partial charge in [-0.3, -0.25) is 9.59 Å². The van der Waals surface area contributed by atoms with Gasteiger partial charge in [0.2, 0.25) is 0 Å². The Labute approximate surface area is 219 Å². The molecule has 0 aliphatic carbocycles. The van der Waals surface area contributed by atoms with E-state index in [4.69, 9.17) is 21.1 Å². The van der Waals surface area contributed by atoms with Crippen LogP contribution in [0.5, 0.6) is 11.5 Å². The van der Waals surface area contributed by atoms with Crippen LogP contribution >= 0.6 is 11.6 Å². The van der Waals surface area contributed by atoms with E-state index >= 15 is 0 Å². The van der Waals surface area contributed by atoms with Gasteiger partial charge in [-0.2, -0.15) is 0 Å². The summed E-state index contributed by atoms with van der Waals surface area (Å²) in [6.07, 6.45) is 10.0. The Morgan fingerprint density at radius 3 is 1.75 bits per heavy atom. The van der Waals surface area contributed by atoms with Gasteiger partial charge in [-0.1, -0.05) is 88.9 Å². The number of rotatable bonds is 17. The number of carbonyl (C=O) groups excluding carboxylic acids is 2. The van der Waals surface area contributed by atoms with Crippen LogP contribution in [-0.2, 0) is 16.0 Å². The number of esters is 2. The third-order valence-corrected chi connectivity index (χ3v) is 6.47. The molecule has 0 amide bonds. The average Bonchev–Trinajstić information content (AvgIpc) is 2.85. The van der Waals surface area contributed by atoms with Crippen molar-refractivity contribution in [3.63, 3.8) is 0 Å². The van der Waals surface area contributed by atoms with Gasteiger partial charge in [0, 0.05) is 30.0 Å². The highest BCUT2D eigenvalue weighted by atomic mass is 35.5. The predicted octanol–water partition coefficient (Wildman–Crippen LogP) is 6.83. The number of benzene rings is 2. The maximum Gasteiger partial charge on any atom is 0.311 e. The van der Waals surface area contributed by atoms with Crippen LogP contribution in [0.4, 0.5) is 0 Å². The molecule has 0 aliphatic rings. The number of hydrogen-bond acceptors (Lipinski definition) is 6. The van der Waals surface area contributed by atoms with Crippen LogP contribution in [0, 0.1) is 0 Å². The van der Waals surface area contributed by atoms with E-state index < -0.39 is 11.7 Å². The van der Waals surface area contributed by atoms with Crippen LogP contribution < -0.4 is 9.47 Å². The lowest BCUT2D eigenvalue weighted by Crippen LogP contribution is -2.22. The molecule has 2 rings (SSSR count). The standard InChI is InChI=1S/C29H41ClO6/c1-3-5-7-9-11-13-27(32)35-25-17-18-26(36-28(33)14-12-10-8-6-4-2)23-19-21(15-16-22(23)25)20-24(31)29(30)34/h15-19,24,29,31,34H,3-14,20H2,1-2H3. The predicted molar refractivity (Wildman–Crippen MR) is 144 cm³/mol. The van der Waals surface area contributed by atoms with Gasteiger partial charge >= 0.3 is 11.9 Å². The second-order valence-electron chi connectivity index (χ2n) is 9.36. The second kappa shape index (κ2) is 16.6. The molecule has 0 saturated heterocycles. The molecule has 0 aromatic heterocycles. The number of aliphatic hydroxyl groups is 2. The molecular weight excluding hydrogens is 480 g/mol. The van der Waals surface area contributed by atoms with E-state index in [-0.39, 0.29) is 18.4 Å². The van der Waals surface area contributed by atoms with Crippen molar-refractivity contribution >= 4 is 34.3 Å². The minimum absolute atomic E-state index is 0.118. The topological polar surface area (TPSA) is 93.1 Å². The lowest BCUT2D eigenvalue weighted by molar-refractivity contribution is -0.135. The van der Waals surface area contributed by atoms with Crippen molar-refractivity contribution < 1.29 is 29.3 Å². The van der Waals surface area contributed by atoms with Crippen LogP contribution in [0.1, 0.15) is 96.5 Å². The molecule has 0 spiro atoms. The molecule has 0 fully saturated rings. The summed E-state index contributed by atoms with van der Waals surface area (Å²) >= 11 is 5.61. The first-order chi connectivity index (χ1) is 17.3. The zero-order valence-electron chi connectivity index (χ0n) is 21.6. The molecule has 0 aliphatic heterocycles. The van der Waals surface area contributed by atoms with Crippen molar-refractivity contribution in [1.29, 1.82) is 0 Å². The molecule has 36 heavy (non-hydrogen) atoms. The van der Waals surface area contributed by atoms with Crippen LogP contribution in [-0.4, -0.2) is 33.8 Å². The zero-order chi connectivity index (χ0) is 26.3. The number of unbranched alkanes of at least 4 members (excludes halogenated alkanes) is 8. The fraction of sp³-hybridized carbons (Fsp3) is 0.586. The SMILES string of the molecule is CCCCCCCC(=O)Oc1ccc(OC(=O)CCCCCCC)c2cc(CC(O)C(O)Cl)ccc12. The molecule has 7 heteroatoms. The Balaban J connectivity index is 2.18. The van der Waals surface area contributed by atoms with Crippen molar-refractivity contribution in [3.05, 3.63) is 35.9 Å². The third-order valence-electron chi connectivity index (χ3n) is 6.18. The monoisotopic (exact) mass is 520 g/mol. The number of aliphatic hydroxyl groups excluding tert-OH is 2. The van der Waals surface area contributed by atoms with Gasteiger partial charge in [-0.25, -0.2) is 0 Å². The van der Waals surface area contributed by atoms with Crippen molar-refractivity contribution in [2.45, 2.75) is 109 Å². The molecule has 2 atom stereocenters. The van der Waals surface area contributed by atoms with E-state index in [0.717, 1.165) is 64.2 Å². The summed E-state index contributed by atoms with van der Waals surface area (Å²) in [5, 5.41) is 20.7. The van der Waals surface area contributed by atoms with Gasteiger partial charge in [0.15, 0.2) is 5.56 Å². The quantitative estimate of drug-likeness (QED) is 0.103. The molecule has 2 N–H and O–H groups in total. The van der Waals surface area contributed by atoms with E-state index in [0.29, 0.717) is 40.7 Å². The maximum absolute atomic E-state index is 12.5. The van der Waals surface area contributed by atoms with Gasteiger partial charge in [0.05, 0.1) is 6.10 Å². The summed E-state index contributed by atoms with van der Waals surface area (Å²) in [7, 11) is 0. The summed E-state index contributed by atoms with van der Waals surface area (Å²) < 4.78 is 11.4. The Hall–Kier alpha value is -2.15. The number of halogens is 1. The molecule has 2 unspecified atom stereocenters. The molecule has 0 radical (unpaired) electrons. The summed E-state index contributed by atoms with van der Waals surface area (Å²) in [5.74, 6) is 0.152.